The first kappa shape index (κ1) is 22.6. The largest absolute Gasteiger partial charge is 0.406 e. The Morgan fingerprint density at radius 3 is 2.70 bits per heavy atom. The van der Waals surface area contributed by atoms with Gasteiger partial charge in [-0.15, -0.1) is 0 Å². The number of thioether (sulfide) groups is 1. The molecule has 1 aliphatic carbocycles. The van der Waals surface area contributed by atoms with Gasteiger partial charge in [0.15, 0.2) is 5.16 Å². The number of para-hydroxylation sites is 1. The molecule has 0 aliphatic heterocycles. The summed E-state index contributed by atoms with van der Waals surface area (Å²) in [7, 11) is 0. The molecule has 10 heteroatoms. The summed E-state index contributed by atoms with van der Waals surface area (Å²) in [6.07, 6.45) is -2.51. The third-order valence-electron chi connectivity index (χ3n) is 5.16. The maximum Gasteiger partial charge on any atom is 0.406 e. The molecule has 164 valence electrons. The number of hydrogen-bond acceptors (Lipinski definition) is 5. The Labute approximate surface area is 176 Å². The summed E-state index contributed by atoms with van der Waals surface area (Å²) < 4.78 is 40.4. The van der Waals surface area contributed by atoms with Crippen LogP contribution < -0.4 is 5.56 Å². The number of carbonyl (C=O) groups excluding carboxylic acids is 1. The summed E-state index contributed by atoms with van der Waals surface area (Å²) in [5.41, 5.74) is 0.152. The SMILES string of the molecule is CC(C1CC1)N(CC(F)(F)F)C(=O)CSc1nc2ccccc2c(=O)n1CCCO. The number of carbonyl (C=O) groups is 1. The van der Waals surface area contributed by atoms with Crippen molar-refractivity contribution in [3.05, 3.63) is 34.6 Å². The van der Waals surface area contributed by atoms with Gasteiger partial charge < -0.3 is 10.0 Å². The molecule has 0 radical (unpaired) electrons. The summed E-state index contributed by atoms with van der Waals surface area (Å²) in [6.45, 7) is 0.443. The predicted octanol–water partition coefficient (Wildman–Crippen LogP) is 3.06. The van der Waals surface area contributed by atoms with Crippen LogP contribution >= 0.6 is 11.8 Å². The van der Waals surface area contributed by atoms with Crippen LogP contribution in [-0.4, -0.2) is 56.6 Å². The van der Waals surface area contributed by atoms with E-state index in [4.69, 9.17) is 5.11 Å². The molecule has 1 amide bonds. The van der Waals surface area contributed by atoms with Crippen LogP contribution in [0.2, 0.25) is 0 Å². The van der Waals surface area contributed by atoms with Gasteiger partial charge in [0.25, 0.3) is 5.56 Å². The number of nitrogens with zero attached hydrogens (tertiary/aromatic N) is 3. The molecular weight excluding hydrogens is 419 g/mol. The molecule has 2 aromatic rings. The van der Waals surface area contributed by atoms with Gasteiger partial charge in [0, 0.05) is 19.2 Å². The van der Waals surface area contributed by atoms with Gasteiger partial charge in [-0.05, 0) is 44.2 Å². The lowest BCUT2D eigenvalue weighted by molar-refractivity contribution is -0.164. The van der Waals surface area contributed by atoms with E-state index >= 15 is 0 Å². The Bertz CT molecular complexity index is 960. The number of fused-ring (bicyclic) bond motifs is 1. The molecule has 0 bridgehead atoms. The second-order valence-corrected chi connectivity index (χ2v) is 8.39. The average molecular weight is 443 g/mol. The first-order valence-corrected chi connectivity index (χ1v) is 10.8. The van der Waals surface area contributed by atoms with Crippen molar-refractivity contribution < 1.29 is 23.1 Å². The van der Waals surface area contributed by atoms with Crippen LogP contribution in [0.15, 0.2) is 34.2 Å². The van der Waals surface area contributed by atoms with E-state index in [1.54, 1.807) is 31.2 Å². The highest BCUT2D eigenvalue weighted by Crippen LogP contribution is 2.36. The second kappa shape index (κ2) is 9.38. The number of amides is 1. The van der Waals surface area contributed by atoms with E-state index in [-0.39, 0.29) is 35.5 Å². The highest BCUT2D eigenvalue weighted by molar-refractivity contribution is 7.99. The van der Waals surface area contributed by atoms with Crippen molar-refractivity contribution in [2.75, 3.05) is 18.9 Å². The number of benzene rings is 1. The van der Waals surface area contributed by atoms with Crippen molar-refractivity contribution in [1.29, 1.82) is 0 Å². The molecule has 3 rings (SSSR count). The molecule has 1 N–H and O–H groups in total. The van der Waals surface area contributed by atoms with E-state index in [9.17, 15) is 22.8 Å². The van der Waals surface area contributed by atoms with Crippen LogP contribution in [0.1, 0.15) is 26.2 Å². The van der Waals surface area contributed by atoms with Gasteiger partial charge >= 0.3 is 6.18 Å². The highest BCUT2D eigenvalue weighted by Gasteiger charge is 2.40. The zero-order valence-corrected chi connectivity index (χ0v) is 17.4. The summed E-state index contributed by atoms with van der Waals surface area (Å²) >= 11 is 0.950. The Morgan fingerprint density at radius 1 is 1.37 bits per heavy atom. The van der Waals surface area contributed by atoms with Crippen molar-refractivity contribution in [3.63, 3.8) is 0 Å². The third kappa shape index (κ3) is 5.54. The Morgan fingerprint density at radius 2 is 2.07 bits per heavy atom. The zero-order valence-electron chi connectivity index (χ0n) is 16.6. The molecule has 1 fully saturated rings. The molecule has 1 aromatic heterocycles. The average Bonchev–Trinajstić information content (AvgIpc) is 3.54. The summed E-state index contributed by atoms with van der Waals surface area (Å²) in [6, 6.07) is 6.27. The van der Waals surface area contributed by atoms with Crippen molar-refractivity contribution >= 4 is 28.6 Å². The summed E-state index contributed by atoms with van der Waals surface area (Å²) in [4.78, 5) is 30.8. The van der Waals surface area contributed by atoms with E-state index in [0.717, 1.165) is 29.5 Å². The maximum atomic E-state index is 13.0. The first-order valence-electron chi connectivity index (χ1n) is 9.80. The zero-order chi connectivity index (χ0) is 21.9. The van der Waals surface area contributed by atoms with Crippen LogP contribution in [0.3, 0.4) is 0 Å². The molecule has 1 aliphatic rings. The molecule has 1 saturated carbocycles. The van der Waals surface area contributed by atoms with E-state index in [2.05, 4.69) is 4.98 Å². The summed E-state index contributed by atoms with van der Waals surface area (Å²) in [5.74, 6) is -0.785. The van der Waals surface area contributed by atoms with E-state index in [1.807, 2.05) is 0 Å². The number of aliphatic hydroxyl groups excluding tert-OH is 1. The van der Waals surface area contributed by atoms with Gasteiger partial charge in [-0.1, -0.05) is 23.9 Å². The number of aliphatic hydroxyl groups is 1. The number of hydrogen-bond donors (Lipinski definition) is 1. The Kier molecular flexibility index (Phi) is 7.07. The Hall–Kier alpha value is -2.07. The van der Waals surface area contributed by atoms with E-state index in [1.165, 1.54) is 4.57 Å². The predicted molar refractivity (Wildman–Crippen MR) is 108 cm³/mol. The van der Waals surface area contributed by atoms with Gasteiger partial charge in [-0.2, -0.15) is 13.2 Å². The maximum absolute atomic E-state index is 13.0. The normalized spacial score (nSPS) is 15.4. The number of halogens is 3. The molecular formula is C20H24F3N3O3S. The first-order chi connectivity index (χ1) is 14.2. The van der Waals surface area contributed by atoms with Gasteiger partial charge in [0.1, 0.15) is 6.54 Å². The van der Waals surface area contributed by atoms with Gasteiger partial charge in [0.05, 0.1) is 16.7 Å². The minimum Gasteiger partial charge on any atom is -0.396 e. The van der Waals surface area contributed by atoms with Gasteiger partial charge in [0.2, 0.25) is 5.91 Å². The van der Waals surface area contributed by atoms with Crippen molar-refractivity contribution in [1.82, 2.24) is 14.5 Å². The lowest BCUT2D eigenvalue weighted by Crippen LogP contribution is -2.46. The van der Waals surface area contributed by atoms with E-state index < -0.39 is 24.7 Å². The fourth-order valence-electron chi connectivity index (χ4n) is 3.38. The molecule has 1 atom stereocenters. The summed E-state index contributed by atoms with van der Waals surface area (Å²) in [5, 5.41) is 9.80. The van der Waals surface area contributed by atoms with Crippen LogP contribution in [0.5, 0.6) is 0 Å². The van der Waals surface area contributed by atoms with Gasteiger partial charge in [-0.3, -0.25) is 14.2 Å². The van der Waals surface area contributed by atoms with Crippen LogP contribution in [0.4, 0.5) is 13.2 Å². The lowest BCUT2D eigenvalue weighted by atomic mass is 10.2. The highest BCUT2D eigenvalue weighted by atomic mass is 32.2. The second-order valence-electron chi connectivity index (χ2n) is 7.45. The number of alkyl halides is 3. The fourth-order valence-corrected chi connectivity index (χ4v) is 4.29. The fraction of sp³-hybridized carbons (Fsp3) is 0.550. The van der Waals surface area contributed by atoms with Crippen molar-refractivity contribution in [2.45, 2.75) is 50.1 Å². The van der Waals surface area contributed by atoms with Gasteiger partial charge in [-0.25, -0.2) is 4.98 Å². The third-order valence-corrected chi connectivity index (χ3v) is 6.12. The topological polar surface area (TPSA) is 75.4 Å². The van der Waals surface area contributed by atoms with Crippen LogP contribution in [0.25, 0.3) is 10.9 Å². The molecule has 0 spiro atoms. The monoisotopic (exact) mass is 443 g/mol. The van der Waals surface area contributed by atoms with Crippen molar-refractivity contribution in [2.24, 2.45) is 5.92 Å². The smallest absolute Gasteiger partial charge is 0.396 e. The molecule has 1 aromatic carbocycles. The minimum absolute atomic E-state index is 0.0998. The molecule has 1 unspecified atom stereocenters. The molecule has 0 saturated heterocycles. The molecule has 6 nitrogen and oxygen atoms in total. The Balaban J connectivity index is 1.83. The minimum atomic E-state index is -4.48. The lowest BCUT2D eigenvalue weighted by Gasteiger charge is -2.30. The number of aromatic nitrogens is 2. The van der Waals surface area contributed by atoms with E-state index in [0.29, 0.717) is 17.3 Å². The molecule has 1 heterocycles. The van der Waals surface area contributed by atoms with Crippen LogP contribution in [-0.2, 0) is 11.3 Å². The quantitative estimate of drug-likeness (QED) is 0.476. The molecule has 30 heavy (non-hydrogen) atoms. The van der Waals surface area contributed by atoms with Crippen molar-refractivity contribution in [3.8, 4) is 0 Å². The van der Waals surface area contributed by atoms with Crippen LogP contribution in [0, 0.1) is 5.92 Å². The number of rotatable bonds is 9. The standard InChI is InChI=1S/C20H24F3N3O3S/c1-13(14-7-8-14)26(12-20(21,22)23)17(28)11-30-19-24-16-6-3-2-5-15(16)18(29)25(19)9-4-10-27/h2-3,5-6,13-14,27H,4,7-12H2,1H3.